The highest BCUT2D eigenvalue weighted by atomic mass is 32.1. The summed E-state index contributed by atoms with van der Waals surface area (Å²) < 4.78 is 5.12. The van der Waals surface area contributed by atoms with E-state index in [0.29, 0.717) is 5.75 Å². The van der Waals surface area contributed by atoms with Gasteiger partial charge >= 0.3 is 6.09 Å². The Bertz CT molecular complexity index is 341. The van der Waals surface area contributed by atoms with E-state index in [4.69, 9.17) is 4.74 Å². The fourth-order valence-electron chi connectivity index (χ4n) is 1.22. The Balaban J connectivity index is 2.91. The van der Waals surface area contributed by atoms with E-state index in [1.165, 1.54) is 7.05 Å². The van der Waals surface area contributed by atoms with E-state index in [1.807, 2.05) is 25.1 Å². The predicted octanol–water partition coefficient (Wildman–Crippen LogP) is 2.79. The van der Waals surface area contributed by atoms with Gasteiger partial charge in [0.2, 0.25) is 0 Å². The number of benzene rings is 1. The van der Waals surface area contributed by atoms with Crippen LogP contribution in [0.15, 0.2) is 24.3 Å². The summed E-state index contributed by atoms with van der Waals surface area (Å²) in [4.78, 5) is 11.1. The zero-order valence-corrected chi connectivity index (χ0v) is 9.75. The molecular formula is C11H15NO2S. The van der Waals surface area contributed by atoms with Crippen LogP contribution in [0.5, 0.6) is 5.75 Å². The summed E-state index contributed by atoms with van der Waals surface area (Å²) in [5.41, 5.74) is 0.937. The van der Waals surface area contributed by atoms with Crippen molar-refractivity contribution in [1.82, 2.24) is 5.32 Å². The molecule has 3 nitrogen and oxygen atoms in total. The van der Waals surface area contributed by atoms with Gasteiger partial charge in [0.25, 0.3) is 0 Å². The molecule has 0 aliphatic carbocycles. The number of thiol groups is 1. The molecule has 1 aromatic rings. The SMILES string of the molecule is CCC(S)c1ccccc1OC(=O)NC. The first-order chi connectivity index (χ1) is 7.19. The first-order valence-corrected chi connectivity index (χ1v) is 5.37. The molecule has 0 radical (unpaired) electrons. The van der Waals surface area contributed by atoms with Crippen molar-refractivity contribution in [3.8, 4) is 5.75 Å². The first kappa shape index (κ1) is 11.9. The maximum Gasteiger partial charge on any atom is 0.412 e. The summed E-state index contributed by atoms with van der Waals surface area (Å²) in [6.07, 6.45) is 0.427. The highest BCUT2D eigenvalue weighted by molar-refractivity contribution is 7.80. The lowest BCUT2D eigenvalue weighted by Crippen LogP contribution is -2.22. The quantitative estimate of drug-likeness (QED) is 0.776. The number of carbonyl (C=O) groups excluding carboxylic acids is 1. The molecule has 82 valence electrons. The average molecular weight is 225 g/mol. The second kappa shape index (κ2) is 5.66. The number of nitrogens with one attached hydrogen (secondary N) is 1. The molecule has 0 bridgehead atoms. The van der Waals surface area contributed by atoms with Gasteiger partial charge in [0.05, 0.1) is 0 Å². The number of rotatable bonds is 3. The highest BCUT2D eigenvalue weighted by Crippen LogP contribution is 2.31. The minimum atomic E-state index is -0.459. The maximum absolute atomic E-state index is 11.1. The lowest BCUT2D eigenvalue weighted by molar-refractivity contribution is 0.202. The summed E-state index contributed by atoms with van der Waals surface area (Å²) in [5, 5.41) is 2.50. The Morgan fingerprint density at radius 2 is 2.20 bits per heavy atom. The molecule has 0 aromatic heterocycles. The highest BCUT2D eigenvalue weighted by Gasteiger charge is 2.12. The van der Waals surface area contributed by atoms with Gasteiger partial charge in [-0.05, 0) is 12.5 Å². The number of para-hydroxylation sites is 1. The van der Waals surface area contributed by atoms with Gasteiger partial charge in [-0.1, -0.05) is 25.1 Å². The topological polar surface area (TPSA) is 38.3 Å². The third kappa shape index (κ3) is 3.16. The predicted molar refractivity (Wildman–Crippen MR) is 63.5 cm³/mol. The monoisotopic (exact) mass is 225 g/mol. The van der Waals surface area contributed by atoms with Gasteiger partial charge in [0, 0.05) is 17.9 Å². The van der Waals surface area contributed by atoms with Crippen LogP contribution in [0.3, 0.4) is 0 Å². The van der Waals surface area contributed by atoms with Crippen LogP contribution in [0.25, 0.3) is 0 Å². The van der Waals surface area contributed by atoms with E-state index in [1.54, 1.807) is 6.07 Å². The van der Waals surface area contributed by atoms with Crippen molar-refractivity contribution < 1.29 is 9.53 Å². The normalized spacial score (nSPS) is 11.9. The summed E-state index contributed by atoms with van der Waals surface area (Å²) in [6.45, 7) is 2.04. The van der Waals surface area contributed by atoms with Gasteiger partial charge < -0.3 is 10.1 Å². The van der Waals surface area contributed by atoms with Crippen LogP contribution < -0.4 is 10.1 Å². The number of hydrogen-bond donors (Lipinski definition) is 2. The van der Waals surface area contributed by atoms with E-state index in [2.05, 4.69) is 17.9 Å². The molecule has 0 saturated carbocycles. The number of carbonyl (C=O) groups is 1. The molecule has 1 rings (SSSR count). The fourth-order valence-corrected chi connectivity index (χ4v) is 1.43. The van der Waals surface area contributed by atoms with Crippen molar-refractivity contribution in [1.29, 1.82) is 0 Å². The molecule has 0 heterocycles. The number of hydrogen-bond acceptors (Lipinski definition) is 3. The minimum Gasteiger partial charge on any atom is -0.410 e. The minimum absolute atomic E-state index is 0.0888. The van der Waals surface area contributed by atoms with Crippen LogP contribution in [0.4, 0.5) is 4.79 Å². The van der Waals surface area contributed by atoms with Gasteiger partial charge in [-0.2, -0.15) is 12.6 Å². The third-order valence-electron chi connectivity index (χ3n) is 2.07. The summed E-state index contributed by atoms with van der Waals surface area (Å²) in [6, 6.07) is 7.42. The van der Waals surface area contributed by atoms with E-state index < -0.39 is 6.09 Å². The molecule has 0 aliphatic heterocycles. The molecule has 1 amide bonds. The first-order valence-electron chi connectivity index (χ1n) is 4.85. The van der Waals surface area contributed by atoms with Crippen LogP contribution in [-0.2, 0) is 0 Å². The van der Waals surface area contributed by atoms with Crippen molar-refractivity contribution in [3.63, 3.8) is 0 Å². The van der Waals surface area contributed by atoms with Gasteiger partial charge in [-0.25, -0.2) is 4.79 Å². The van der Waals surface area contributed by atoms with Gasteiger partial charge in [0.1, 0.15) is 5.75 Å². The molecule has 0 fully saturated rings. The van der Waals surface area contributed by atoms with Crippen molar-refractivity contribution in [2.75, 3.05) is 7.05 Å². The standard InChI is InChI=1S/C11H15NO2S/c1-3-10(15)8-6-4-5-7-9(8)14-11(13)12-2/h4-7,10,15H,3H2,1-2H3,(H,12,13). The molecule has 4 heteroatoms. The van der Waals surface area contributed by atoms with Crippen molar-refractivity contribution in [2.24, 2.45) is 0 Å². The zero-order valence-electron chi connectivity index (χ0n) is 8.86. The third-order valence-corrected chi connectivity index (χ3v) is 2.71. The molecule has 1 N–H and O–H groups in total. The van der Waals surface area contributed by atoms with E-state index in [9.17, 15) is 4.79 Å². The van der Waals surface area contributed by atoms with Crippen molar-refractivity contribution >= 4 is 18.7 Å². The Morgan fingerprint density at radius 1 is 1.53 bits per heavy atom. The Hall–Kier alpha value is -1.16. The summed E-state index contributed by atoms with van der Waals surface area (Å²) in [5.74, 6) is 0.568. The molecule has 0 spiro atoms. The molecule has 1 aromatic carbocycles. The summed E-state index contributed by atoms with van der Waals surface area (Å²) in [7, 11) is 1.53. The summed E-state index contributed by atoms with van der Waals surface area (Å²) >= 11 is 4.43. The van der Waals surface area contributed by atoms with Gasteiger partial charge in [-0.3, -0.25) is 0 Å². The van der Waals surface area contributed by atoms with Crippen molar-refractivity contribution in [3.05, 3.63) is 29.8 Å². The van der Waals surface area contributed by atoms with Crippen LogP contribution in [0, 0.1) is 0 Å². The van der Waals surface area contributed by atoms with E-state index >= 15 is 0 Å². The molecule has 0 aliphatic rings. The second-order valence-electron chi connectivity index (χ2n) is 3.10. The molecule has 15 heavy (non-hydrogen) atoms. The number of ether oxygens (including phenoxy) is 1. The molecular weight excluding hydrogens is 210 g/mol. The molecule has 1 atom stereocenters. The largest absolute Gasteiger partial charge is 0.412 e. The number of amides is 1. The Labute approximate surface area is 95.2 Å². The van der Waals surface area contributed by atoms with E-state index in [-0.39, 0.29) is 5.25 Å². The van der Waals surface area contributed by atoms with Crippen LogP contribution in [0.1, 0.15) is 24.2 Å². The Kier molecular flexibility index (Phi) is 4.49. The van der Waals surface area contributed by atoms with E-state index in [0.717, 1.165) is 12.0 Å². The fraction of sp³-hybridized carbons (Fsp3) is 0.364. The lowest BCUT2D eigenvalue weighted by atomic mass is 10.1. The smallest absolute Gasteiger partial charge is 0.410 e. The zero-order chi connectivity index (χ0) is 11.3. The van der Waals surface area contributed by atoms with Crippen molar-refractivity contribution in [2.45, 2.75) is 18.6 Å². The molecule has 0 saturated heterocycles. The maximum atomic E-state index is 11.1. The lowest BCUT2D eigenvalue weighted by Gasteiger charge is -2.13. The second-order valence-corrected chi connectivity index (χ2v) is 3.72. The molecule has 1 unspecified atom stereocenters. The van der Waals surface area contributed by atoms with Crippen LogP contribution in [-0.4, -0.2) is 13.1 Å². The van der Waals surface area contributed by atoms with Crippen LogP contribution in [0.2, 0.25) is 0 Å². The average Bonchev–Trinajstić information content (AvgIpc) is 2.28. The Morgan fingerprint density at radius 3 is 2.80 bits per heavy atom. The van der Waals surface area contributed by atoms with Crippen LogP contribution >= 0.6 is 12.6 Å². The van der Waals surface area contributed by atoms with Gasteiger partial charge in [0.15, 0.2) is 0 Å². The van der Waals surface area contributed by atoms with Gasteiger partial charge in [-0.15, -0.1) is 0 Å².